The summed E-state index contributed by atoms with van der Waals surface area (Å²) in [5, 5.41) is 8.99. The van der Waals surface area contributed by atoms with Crippen molar-refractivity contribution in [1.29, 1.82) is 0 Å². The molecule has 0 heterocycles. The highest BCUT2D eigenvalue weighted by molar-refractivity contribution is 5.32. The van der Waals surface area contributed by atoms with Crippen LogP contribution >= 0.6 is 0 Å². The van der Waals surface area contributed by atoms with Crippen molar-refractivity contribution in [2.45, 2.75) is 32.3 Å². The first-order chi connectivity index (χ1) is 7.20. The Labute approximate surface area is 90.9 Å². The van der Waals surface area contributed by atoms with Gasteiger partial charge >= 0.3 is 0 Å². The Hall–Kier alpha value is -1.02. The minimum Gasteiger partial charge on any atom is -0.491 e. The number of aliphatic hydroxyl groups is 1. The third-order valence-corrected chi connectivity index (χ3v) is 2.84. The molecule has 0 spiro atoms. The van der Waals surface area contributed by atoms with E-state index < -0.39 is 0 Å². The number of hydrogen-bond acceptors (Lipinski definition) is 2. The molecule has 0 bridgehead atoms. The van der Waals surface area contributed by atoms with E-state index in [1.54, 1.807) is 0 Å². The van der Waals surface area contributed by atoms with Crippen LogP contribution in [0.15, 0.2) is 24.3 Å². The lowest BCUT2D eigenvalue weighted by molar-refractivity contribution is 0.242. The summed E-state index contributed by atoms with van der Waals surface area (Å²) in [5.41, 5.74) is 1.32. The molecule has 0 amide bonds. The second kappa shape index (κ2) is 4.23. The monoisotopic (exact) mass is 206 g/mol. The maximum Gasteiger partial charge on any atom is 0.119 e. The smallest absolute Gasteiger partial charge is 0.119 e. The quantitative estimate of drug-likeness (QED) is 0.820. The fraction of sp³-hybridized carbons (Fsp3) is 0.538. The first kappa shape index (κ1) is 10.5. The van der Waals surface area contributed by atoms with Gasteiger partial charge in [-0.05, 0) is 49.8 Å². The maximum atomic E-state index is 8.99. The first-order valence-electron chi connectivity index (χ1n) is 5.58. The van der Waals surface area contributed by atoms with E-state index >= 15 is 0 Å². The fourth-order valence-electron chi connectivity index (χ4n) is 1.92. The van der Waals surface area contributed by atoms with Crippen LogP contribution in [0.25, 0.3) is 0 Å². The van der Waals surface area contributed by atoms with Gasteiger partial charge in [-0.25, -0.2) is 0 Å². The van der Waals surface area contributed by atoms with Gasteiger partial charge in [0.2, 0.25) is 0 Å². The van der Waals surface area contributed by atoms with Crippen molar-refractivity contribution in [2.75, 3.05) is 6.61 Å². The molecule has 2 unspecified atom stereocenters. The highest BCUT2D eigenvalue weighted by Crippen LogP contribution is 2.47. The van der Waals surface area contributed by atoms with Gasteiger partial charge < -0.3 is 9.84 Å². The van der Waals surface area contributed by atoms with Crippen molar-refractivity contribution in [3.63, 3.8) is 0 Å². The van der Waals surface area contributed by atoms with E-state index in [2.05, 4.69) is 12.1 Å². The summed E-state index contributed by atoms with van der Waals surface area (Å²) in [4.78, 5) is 0. The Bertz CT molecular complexity index is 316. The topological polar surface area (TPSA) is 29.5 Å². The minimum atomic E-state index is 0.224. The zero-order valence-electron chi connectivity index (χ0n) is 9.31. The third kappa shape index (κ3) is 2.51. The Morgan fingerprint density at radius 1 is 1.33 bits per heavy atom. The number of benzene rings is 1. The van der Waals surface area contributed by atoms with Crippen LogP contribution < -0.4 is 4.74 Å². The van der Waals surface area contributed by atoms with Gasteiger partial charge in [-0.15, -0.1) is 0 Å². The molecule has 1 aliphatic carbocycles. The third-order valence-electron chi connectivity index (χ3n) is 2.84. The molecule has 0 aromatic heterocycles. The molecule has 1 aromatic carbocycles. The van der Waals surface area contributed by atoms with Gasteiger partial charge in [-0.2, -0.15) is 0 Å². The Kier molecular flexibility index (Phi) is 2.96. The van der Waals surface area contributed by atoms with E-state index in [1.165, 1.54) is 5.56 Å². The van der Waals surface area contributed by atoms with Crippen molar-refractivity contribution < 1.29 is 9.84 Å². The minimum absolute atomic E-state index is 0.224. The van der Waals surface area contributed by atoms with Crippen LogP contribution in [-0.2, 0) is 0 Å². The van der Waals surface area contributed by atoms with Crippen molar-refractivity contribution in [1.82, 2.24) is 0 Å². The van der Waals surface area contributed by atoms with E-state index in [0.717, 1.165) is 12.2 Å². The lowest BCUT2D eigenvalue weighted by Gasteiger charge is -2.09. The summed E-state index contributed by atoms with van der Waals surface area (Å²) in [6.07, 6.45) is 1.35. The summed E-state index contributed by atoms with van der Waals surface area (Å²) < 4.78 is 5.57. The van der Waals surface area contributed by atoms with Gasteiger partial charge in [0.15, 0.2) is 0 Å². The molecule has 15 heavy (non-hydrogen) atoms. The molecule has 1 aliphatic rings. The molecule has 0 radical (unpaired) electrons. The van der Waals surface area contributed by atoms with Crippen LogP contribution in [0.5, 0.6) is 5.75 Å². The van der Waals surface area contributed by atoms with E-state index in [0.29, 0.717) is 18.4 Å². The molecule has 2 nitrogen and oxygen atoms in total. The molecule has 2 rings (SSSR count). The molecule has 2 heteroatoms. The first-order valence-corrected chi connectivity index (χ1v) is 5.58. The molecule has 1 N–H and O–H groups in total. The van der Waals surface area contributed by atoms with Gasteiger partial charge in [-0.3, -0.25) is 0 Å². The predicted octanol–water partition coefficient (Wildman–Crippen LogP) is 2.57. The van der Waals surface area contributed by atoms with Gasteiger partial charge in [0.05, 0.1) is 6.10 Å². The predicted molar refractivity (Wildman–Crippen MR) is 60.1 cm³/mol. The Balaban J connectivity index is 1.99. The average molecular weight is 206 g/mol. The highest BCUT2D eigenvalue weighted by Gasteiger charge is 2.37. The average Bonchev–Trinajstić information content (AvgIpc) is 2.97. The molecule has 1 saturated carbocycles. The summed E-state index contributed by atoms with van der Waals surface area (Å²) in [7, 11) is 0. The number of ether oxygens (including phenoxy) is 1. The van der Waals surface area contributed by atoms with E-state index in [9.17, 15) is 0 Å². The van der Waals surface area contributed by atoms with Crippen molar-refractivity contribution >= 4 is 0 Å². The van der Waals surface area contributed by atoms with Crippen LogP contribution in [0.1, 0.15) is 31.7 Å². The van der Waals surface area contributed by atoms with Crippen molar-refractivity contribution in [3.05, 3.63) is 29.8 Å². The van der Waals surface area contributed by atoms with Crippen molar-refractivity contribution in [2.24, 2.45) is 5.92 Å². The Morgan fingerprint density at radius 2 is 2.00 bits per heavy atom. The van der Waals surface area contributed by atoms with Crippen LogP contribution in [-0.4, -0.2) is 17.8 Å². The van der Waals surface area contributed by atoms with E-state index in [-0.39, 0.29) is 6.10 Å². The molecule has 2 atom stereocenters. The standard InChI is InChI=1S/C13H18O2/c1-9(2)15-12-5-3-10(4-6-12)13-7-11(13)8-14/h3-6,9,11,13-14H,7-8H2,1-2H3. The zero-order valence-corrected chi connectivity index (χ0v) is 9.31. The molecule has 0 aliphatic heterocycles. The summed E-state index contributed by atoms with van der Waals surface area (Å²) >= 11 is 0. The van der Waals surface area contributed by atoms with Crippen LogP contribution in [0.4, 0.5) is 0 Å². The summed E-state index contributed by atoms with van der Waals surface area (Å²) in [6, 6.07) is 8.25. The fourth-order valence-corrected chi connectivity index (χ4v) is 1.92. The van der Waals surface area contributed by atoms with Crippen LogP contribution in [0, 0.1) is 5.92 Å². The largest absolute Gasteiger partial charge is 0.491 e. The van der Waals surface area contributed by atoms with Crippen molar-refractivity contribution in [3.8, 4) is 5.75 Å². The maximum absolute atomic E-state index is 8.99. The molecular formula is C13H18O2. The van der Waals surface area contributed by atoms with Crippen LogP contribution in [0.2, 0.25) is 0 Å². The zero-order chi connectivity index (χ0) is 10.8. The SMILES string of the molecule is CC(C)Oc1ccc(C2CC2CO)cc1. The van der Waals surface area contributed by atoms with Crippen LogP contribution in [0.3, 0.4) is 0 Å². The number of hydrogen-bond donors (Lipinski definition) is 1. The van der Waals surface area contributed by atoms with Gasteiger partial charge in [-0.1, -0.05) is 12.1 Å². The second-order valence-electron chi connectivity index (χ2n) is 4.52. The number of rotatable bonds is 4. The summed E-state index contributed by atoms with van der Waals surface area (Å²) in [5.74, 6) is 1.99. The molecule has 0 saturated heterocycles. The van der Waals surface area contributed by atoms with E-state index in [1.807, 2.05) is 26.0 Å². The second-order valence-corrected chi connectivity index (χ2v) is 4.52. The van der Waals surface area contributed by atoms with Gasteiger partial charge in [0.25, 0.3) is 0 Å². The molecular weight excluding hydrogens is 188 g/mol. The van der Waals surface area contributed by atoms with Gasteiger partial charge in [0.1, 0.15) is 5.75 Å². The normalized spacial score (nSPS) is 24.3. The highest BCUT2D eigenvalue weighted by atomic mass is 16.5. The lowest BCUT2D eigenvalue weighted by atomic mass is 10.1. The molecule has 82 valence electrons. The molecule has 1 fully saturated rings. The van der Waals surface area contributed by atoms with Gasteiger partial charge in [0, 0.05) is 6.61 Å². The Morgan fingerprint density at radius 3 is 2.47 bits per heavy atom. The summed E-state index contributed by atoms with van der Waals surface area (Å²) in [6.45, 7) is 4.36. The molecule has 1 aromatic rings. The van der Waals surface area contributed by atoms with E-state index in [4.69, 9.17) is 9.84 Å². The number of aliphatic hydroxyl groups excluding tert-OH is 1. The lowest BCUT2D eigenvalue weighted by Crippen LogP contribution is -2.05.